The molecule has 0 fully saturated rings. The van der Waals surface area contributed by atoms with E-state index in [1.807, 2.05) is 0 Å². The Morgan fingerprint density at radius 1 is 1.47 bits per heavy atom. The van der Waals surface area contributed by atoms with Crippen LogP contribution in [0.15, 0.2) is 0 Å². The molecule has 1 unspecified atom stereocenters. The van der Waals surface area contributed by atoms with Crippen LogP contribution in [-0.2, 0) is 9.63 Å². The van der Waals surface area contributed by atoms with E-state index in [9.17, 15) is 18.0 Å². The van der Waals surface area contributed by atoms with Crippen LogP contribution in [0.25, 0.3) is 0 Å². The lowest BCUT2D eigenvalue weighted by Crippen LogP contribution is -2.44. The van der Waals surface area contributed by atoms with Crippen molar-refractivity contribution < 1.29 is 22.8 Å². The number of rotatable bonds is 5. The lowest BCUT2D eigenvalue weighted by molar-refractivity contribution is -0.194. The molecular formula is C8H15F3N2O2. The monoisotopic (exact) mass is 228 g/mol. The molecule has 0 saturated carbocycles. The van der Waals surface area contributed by atoms with Crippen LogP contribution in [0.4, 0.5) is 13.2 Å². The van der Waals surface area contributed by atoms with E-state index in [-0.39, 0.29) is 6.54 Å². The molecular weight excluding hydrogens is 213 g/mol. The quantitative estimate of drug-likeness (QED) is 0.689. The molecule has 0 saturated heterocycles. The first-order valence-corrected chi connectivity index (χ1v) is 4.44. The van der Waals surface area contributed by atoms with E-state index in [0.717, 1.165) is 0 Å². The van der Waals surface area contributed by atoms with Gasteiger partial charge >= 0.3 is 6.18 Å². The van der Waals surface area contributed by atoms with Crippen LogP contribution in [0.3, 0.4) is 0 Å². The van der Waals surface area contributed by atoms with Gasteiger partial charge in [-0.25, -0.2) is 5.48 Å². The zero-order valence-corrected chi connectivity index (χ0v) is 8.65. The number of nitrogens with two attached hydrogens (primary N) is 1. The van der Waals surface area contributed by atoms with Crippen LogP contribution < -0.4 is 11.2 Å². The molecule has 0 radical (unpaired) electrons. The van der Waals surface area contributed by atoms with Gasteiger partial charge < -0.3 is 5.73 Å². The maximum absolute atomic E-state index is 11.7. The normalized spacial score (nSPS) is 15.9. The van der Waals surface area contributed by atoms with Crippen molar-refractivity contribution in [3.8, 4) is 0 Å². The Morgan fingerprint density at radius 3 is 2.33 bits per heavy atom. The Kier molecular flexibility index (Phi) is 5.02. The molecule has 0 spiro atoms. The Bertz CT molecular complexity index is 214. The molecule has 0 aromatic heterocycles. The second-order valence-electron chi connectivity index (χ2n) is 3.45. The van der Waals surface area contributed by atoms with Crippen molar-refractivity contribution >= 4 is 5.91 Å². The van der Waals surface area contributed by atoms with Crippen molar-refractivity contribution in [2.75, 3.05) is 13.2 Å². The minimum Gasteiger partial charge on any atom is -0.329 e. The third kappa shape index (κ3) is 4.98. The van der Waals surface area contributed by atoms with Crippen molar-refractivity contribution in [1.29, 1.82) is 0 Å². The van der Waals surface area contributed by atoms with Crippen LogP contribution in [0, 0.1) is 5.41 Å². The molecule has 90 valence electrons. The summed E-state index contributed by atoms with van der Waals surface area (Å²) in [6.45, 7) is 1.81. The van der Waals surface area contributed by atoms with Gasteiger partial charge in [0.25, 0.3) is 5.91 Å². The van der Waals surface area contributed by atoms with E-state index in [0.29, 0.717) is 6.42 Å². The molecule has 0 rings (SSSR count). The standard InChI is InChI=1S/C8H15F3N2O2/c1-3-7(2,4-12)6(14)13-15-5-8(9,10)11/h3-5,12H2,1-2H3,(H,13,14). The summed E-state index contributed by atoms with van der Waals surface area (Å²) in [7, 11) is 0. The highest BCUT2D eigenvalue weighted by Crippen LogP contribution is 2.19. The van der Waals surface area contributed by atoms with Gasteiger partial charge in [-0.3, -0.25) is 9.63 Å². The summed E-state index contributed by atoms with van der Waals surface area (Å²) in [6.07, 6.45) is -4.04. The number of halogens is 3. The maximum atomic E-state index is 11.7. The van der Waals surface area contributed by atoms with E-state index in [1.165, 1.54) is 0 Å². The predicted molar refractivity (Wildman–Crippen MR) is 47.6 cm³/mol. The third-order valence-electron chi connectivity index (χ3n) is 2.18. The van der Waals surface area contributed by atoms with Gasteiger partial charge in [0.2, 0.25) is 0 Å². The zero-order valence-electron chi connectivity index (χ0n) is 8.65. The van der Waals surface area contributed by atoms with Crippen molar-refractivity contribution in [3.05, 3.63) is 0 Å². The number of carbonyl (C=O) groups excluding carboxylic acids is 1. The number of alkyl halides is 3. The Hall–Kier alpha value is -0.820. The fourth-order valence-corrected chi connectivity index (χ4v) is 0.704. The van der Waals surface area contributed by atoms with Crippen molar-refractivity contribution in [2.24, 2.45) is 11.1 Å². The molecule has 0 aliphatic heterocycles. The predicted octanol–water partition coefficient (Wildman–Crippen LogP) is 0.972. The Morgan fingerprint density at radius 2 is 2.00 bits per heavy atom. The van der Waals surface area contributed by atoms with Gasteiger partial charge in [-0.15, -0.1) is 0 Å². The number of hydrogen-bond donors (Lipinski definition) is 2. The highest BCUT2D eigenvalue weighted by molar-refractivity contribution is 5.81. The first kappa shape index (κ1) is 14.2. The molecule has 0 aromatic carbocycles. The average molecular weight is 228 g/mol. The number of hydrogen-bond acceptors (Lipinski definition) is 3. The fraction of sp³-hybridized carbons (Fsp3) is 0.875. The van der Waals surface area contributed by atoms with Crippen molar-refractivity contribution in [3.63, 3.8) is 0 Å². The van der Waals surface area contributed by atoms with Gasteiger partial charge in [-0.1, -0.05) is 6.92 Å². The minimum absolute atomic E-state index is 0.0463. The SMILES string of the molecule is CCC(C)(CN)C(=O)NOCC(F)(F)F. The summed E-state index contributed by atoms with van der Waals surface area (Å²) in [5.74, 6) is -0.642. The fourth-order valence-electron chi connectivity index (χ4n) is 0.704. The van der Waals surface area contributed by atoms with Crippen LogP contribution >= 0.6 is 0 Å². The van der Waals surface area contributed by atoms with E-state index in [4.69, 9.17) is 5.73 Å². The average Bonchev–Trinajstić information content (AvgIpc) is 2.14. The zero-order chi connectivity index (χ0) is 12.1. The van der Waals surface area contributed by atoms with Crippen LogP contribution in [0.2, 0.25) is 0 Å². The number of nitrogens with one attached hydrogen (secondary N) is 1. The lowest BCUT2D eigenvalue weighted by atomic mass is 9.87. The molecule has 1 atom stereocenters. The summed E-state index contributed by atoms with van der Waals surface area (Å²) in [4.78, 5) is 15.4. The summed E-state index contributed by atoms with van der Waals surface area (Å²) < 4.78 is 35.0. The van der Waals surface area contributed by atoms with Crippen molar-refractivity contribution in [1.82, 2.24) is 5.48 Å². The van der Waals surface area contributed by atoms with E-state index in [1.54, 1.807) is 19.3 Å². The molecule has 0 bridgehead atoms. The largest absolute Gasteiger partial charge is 0.414 e. The smallest absolute Gasteiger partial charge is 0.329 e. The Labute approximate surface area is 85.9 Å². The molecule has 1 amide bonds. The van der Waals surface area contributed by atoms with E-state index in [2.05, 4.69) is 4.84 Å². The van der Waals surface area contributed by atoms with Gasteiger partial charge in [-0.05, 0) is 13.3 Å². The molecule has 3 N–H and O–H groups in total. The van der Waals surface area contributed by atoms with Gasteiger partial charge in [0.1, 0.15) is 0 Å². The third-order valence-corrected chi connectivity index (χ3v) is 2.18. The van der Waals surface area contributed by atoms with Gasteiger partial charge in [0, 0.05) is 6.54 Å². The van der Waals surface area contributed by atoms with Gasteiger partial charge in [-0.2, -0.15) is 13.2 Å². The van der Waals surface area contributed by atoms with Crippen LogP contribution in [0.1, 0.15) is 20.3 Å². The maximum Gasteiger partial charge on any atom is 0.414 e. The molecule has 15 heavy (non-hydrogen) atoms. The number of carbonyl (C=O) groups is 1. The number of amides is 1. The molecule has 0 aliphatic carbocycles. The minimum atomic E-state index is -4.46. The first-order chi connectivity index (χ1) is 6.75. The second-order valence-corrected chi connectivity index (χ2v) is 3.45. The van der Waals surface area contributed by atoms with Gasteiger partial charge in [0.05, 0.1) is 5.41 Å². The number of hydroxylamine groups is 1. The summed E-state index contributed by atoms with van der Waals surface area (Å²) in [5, 5.41) is 0. The molecule has 4 nitrogen and oxygen atoms in total. The highest BCUT2D eigenvalue weighted by atomic mass is 19.4. The molecule has 7 heteroatoms. The highest BCUT2D eigenvalue weighted by Gasteiger charge is 2.32. The Balaban J connectivity index is 4.04. The van der Waals surface area contributed by atoms with Crippen LogP contribution in [0.5, 0.6) is 0 Å². The van der Waals surface area contributed by atoms with Crippen LogP contribution in [-0.4, -0.2) is 25.2 Å². The molecule has 0 heterocycles. The topological polar surface area (TPSA) is 64.4 Å². The lowest BCUT2D eigenvalue weighted by Gasteiger charge is -2.24. The van der Waals surface area contributed by atoms with E-state index < -0.39 is 24.1 Å². The summed E-state index contributed by atoms with van der Waals surface area (Å²) in [6, 6.07) is 0. The summed E-state index contributed by atoms with van der Waals surface area (Å²) >= 11 is 0. The second kappa shape index (κ2) is 5.32. The molecule has 0 aliphatic rings. The van der Waals surface area contributed by atoms with Crippen molar-refractivity contribution in [2.45, 2.75) is 26.4 Å². The first-order valence-electron chi connectivity index (χ1n) is 4.44. The molecule has 0 aromatic rings. The van der Waals surface area contributed by atoms with E-state index >= 15 is 0 Å². The van der Waals surface area contributed by atoms with Gasteiger partial charge in [0.15, 0.2) is 6.61 Å². The summed E-state index contributed by atoms with van der Waals surface area (Å²) in [5.41, 5.74) is 6.18.